The van der Waals surface area contributed by atoms with E-state index < -0.39 is 0 Å². The van der Waals surface area contributed by atoms with Crippen molar-refractivity contribution in [3.8, 4) is 11.5 Å². The van der Waals surface area contributed by atoms with Crippen molar-refractivity contribution >= 4 is 23.3 Å². The van der Waals surface area contributed by atoms with Crippen LogP contribution in [0.5, 0.6) is 0 Å². The molecule has 1 heterocycles. The molecule has 1 aromatic heterocycles. The molecule has 0 aliphatic rings. The predicted molar refractivity (Wildman–Crippen MR) is 98.7 cm³/mol. The minimum atomic E-state index is -0.317. The van der Waals surface area contributed by atoms with Gasteiger partial charge in [0.05, 0.1) is 6.54 Å². The number of halogens is 1. The van der Waals surface area contributed by atoms with Gasteiger partial charge in [0.15, 0.2) is 0 Å². The number of oxazole rings is 1. The molecular formula is C19H18ClN3O2. The molecule has 2 aromatic carbocycles. The molecule has 0 aliphatic carbocycles. The third-order valence-electron chi connectivity index (χ3n) is 3.79. The third kappa shape index (κ3) is 4.19. The number of rotatable bonds is 4. The molecule has 2 amide bonds. The van der Waals surface area contributed by atoms with E-state index in [1.807, 2.05) is 38.1 Å². The molecule has 0 spiro atoms. The van der Waals surface area contributed by atoms with Gasteiger partial charge < -0.3 is 15.1 Å². The summed E-state index contributed by atoms with van der Waals surface area (Å²) in [6, 6.07) is 14.5. The predicted octanol–water partition coefficient (Wildman–Crippen LogP) is 4.93. The van der Waals surface area contributed by atoms with Crippen LogP contribution in [0.1, 0.15) is 17.0 Å². The van der Waals surface area contributed by atoms with Gasteiger partial charge in [-0.15, -0.1) is 0 Å². The van der Waals surface area contributed by atoms with E-state index in [9.17, 15) is 4.79 Å². The lowest BCUT2D eigenvalue weighted by molar-refractivity contribution is 0.251. The van der Waals surface area contributed by atoms with Crippen LogP contribution in [0.4, 0.5) is 10.5 Å². The van der Waals surface area contributed by atoms with Crippen molar-refractivity contribution < 1.29 is 9.21 Å². The van der Waals surface area contributed by atoms with Crippen LogP contribution < -0.4 is 10.6 Å². The Kier molecular flexibility index (Phi) is 5.05. The largest absolute Gasteiger partial charge is 0.441 e. The summed E-state index contributed by atoms with van der Waals surface area (Å²) in [5.74, 6) is 1.25. The molecule has 0 atom stereocenters. The van der Waals surface area contributed by atoms with Crippen LogP contribution in [-0.2, 0) is 6.54 Å². The Morgan fingerprint density at radius 3 is 2.56 bits per heavy atom. The summed E-state index contributed by atoms with van der Waals surface area (Å²) >= 11 is 5.82. The number of hydrogen-bond acceptors (Lipinski definition) is 3. The minimum absolute atomic E-state index is 0.278. The van der Waals surface area contributed by atoms with Gasteiger partial charge in [-0.2, -0.15) is 0 Å². The number of benzene rings is 2. The van der Waals surface area contributed by atoms with Crippen LogP contribution in [0, 0.1) is 13.8 Å². The molecule has 0 radical (unpaired) electrons. The van der Waals surface area contributed by atoms with Crippen molar-refractivity contribution in [3.63, 3.8) is 0 Å². The van der Waals surface area contributed by atoms with E-state index in [0.717, 1.165) is 11.1 Å². The van der Waals surface area contributed by atoms with Crippen molar-refractivity contribution in [2.75, 3.05) is 5.32 Å². The molecule has 0 unspecified atom stereocenters. The molecule has 0 bridgehead atoms. The number of nitrogens with zero attached hydrogens (tertiary/aromatic N) is 1. The summed E-state index contributed by atoms with van der Waals surface area (Å²) in [4.78, 5) is 16.5. The second-order valence-electron chi connectivity index (χ2n) is 5.65. The Hall–Kier alpha value is -2.79. The van der Waals surface area contributed by atoms with Gasteiger partial charge in [-0.05, 0) is 49.7 Å². The first-order chi connectivity index (χ1) is 12.0. The molecule has 5 nitrogen and oxygen atoms in total. The van der Waals surface area contributed by atoms with Crippen LogP contribution in [-0.4, -0.2) is 11.0 Å². The third-order valence-corrected chi connectivity index (χ3v) is 4.04. The molecule has 6 heteroatoms. The SMILES string of the molecule is Cc1ccccc1-c1nc(CNC(=O)Nc2ccc(Cl)cc2)c(C)o1. The summed E-state index contributed by atoms with van der Waals surface area (Å²) in [6.07, 6.45) is 0. The van der Waals surface area contributed by atoms with Crippen molar-refractivity contribution in [2.24, 2.45) is 0 Å². The van der Waals surface area contributed by atoms with E-state index in [1.165, 1.54) is 0 Å². The summed E-state index contributed by atoms with van der Waals surface area (Å²) in [7, 11) is 0. The van der Waals surface area contributed by atoms with Crippen LogP contribution in [0.3, 0.4) is 0 Å². The fourth-order valence-electron chi connectivity index (χ4n) is 2.39. The standard InChI is InChI=1S/C19H18ClN3O2/c1-12-5-3-4-6-16(12)18-23-17(13(2)25-18)11-21-19(24)22-15-9-7-14(20)8-10-15/h3-10H,11H2,1-2H3,(H2,21,22,24). The lowest BCUT2D eigenvalue weighted by atomic mass is 10.1. The molecule has 0 aliphatic heterocycles. The minimum Gasteiger partial charge on any atom is -0.441 e. The monoisotopic (exact) mass is 355 g/mol. The normalized spacial score (nSPS) is 10.5. The smallest absolute Gasteiger partial charge is 0.319 e. The number of carbonyl (C=O) groups excluding carboxylic acids is 1. The van der Waals surface area contributed by atoms with Gasteiger partial charge in [-0.3, -0.25) is 0 Å². The highest BCUT2D eigenvalue weighted by Crippen LogP contribution is 2.24. The van der Waals surface area contributed by atoms with Crippen LogP contribution in [0.25, 0.3) is 11.5 Å². The van der Waals surface area contributed by atoms with Crippen molar-refractivity contribution in [1.29, 1.82) is 0 Å². The maximum absolute atomic E-state index is 12.0. The number of nitrogens with one attached hydrogen (secondary N) is 2. The van der Waals surface area contributed by atoms with Gasteiger partial charge in [0.1, 0.15) is 11.5 Å². The highest BCUT2D eigenvalue weighted by molar-refractivity contribution is 6.30. The van der Waals surface area contributed by atoms with Gasteiger partial charge in [-0.25, -0.2) is 9.78 Å². The molecule has 3 aromatic rings. The molecule has 128 valence electrons. The fourth-order valence-corrected chi connectivity index (χ4v) is 2.52. The number of carbonyl (C=O) groups is 1. The quantitative estimate of drug-likeness (QED) is 0.697. The van der Waals surface area contributed by atoms with Crippen molar-refractivity contribution in [3.05, 3.63) is 70.6 Å². The summed E-state index contributed by atoms with van der Waals surface area (Å²) in [5, 5.41) is 6.13. The van der Waals surface area contributed by atoms with E-state index in [0.29, 0.717) is 28.1 Å². The Balaban J connectivity index is 1.64. The topological polar surface area (TPSA) is 67.2 Å². The second-order valence-corrected chi connectivity index (χ2v) is 6.09. The zero-order valence-corrected chi connectivity index (χ0v) is 14.7. The molecule has 0 saturated heterocycles. The number of anilines is 1. The number of aryl methyl sites for hydroxylation is 2. The Morgan fingerprint density at radius 2 is 1.84 bits per heavy atom. The highest BCUT2D eigenvalue weighted by atomic mass is 35.5. The zero-order valence-electron chi connectivity index (χ0n) is 14.0. The first-order valence-corrected chi connectivity index (χ1v) is 8.23. The second kappa shape index (κ2) is 7.40. The average molecular weight is 356 g/mol. The number of aromatic nitrogens is 1. The number of urea groups is 1. The zero-order chi connectivity index (χ0) is 17.8. The molecule has 0 saturated carbocycles. The summed E-state index contributed by atoms with van der Waals surface area (Å²) in [5.41, 5.74) is 3.40. The van der Waals surface area contributed by atoms with Crippen molar-refractivity contribution in [2.45, 2.75) is 20.4 Å². The Bertz CT molecular complexity index is 888. The van der Waals surface area contributed by atoms with Gasteiger partial charge in [0, 0.05) is 16.3 Å². The number of amides is 2. The van der Waals surface area contributed by atoms with E-state index in [1.54, 1.807) is 24.3 Å². The fraction of sp³-hybridized carbons (Fsp3) is 0.158. The van der Waals surface area contributed by atoms with Gasteiger partial charge in [0.2, 0.25) is 5.89 Å². The van der Waals surface area contributed by atoms with E-state index >= 15 is 0 Å². The summed E-state index contributed by atoms with van der Waals surface area (Å²) in [6.45, 7) is 4.12. The van der Waals surface area contributed by atoms with Crippen LogP contribution in [0.15, 0.2) is 52.9 Å². The Labute approximate surface area is 151 Å². The van der Waals surface area contributed by atoms with E-state index in [-0.39, 0.29) is 12.6 Å². The molecular weight excluding hydrogens is 338 g/mol. The van der Waals surface area contributed by atoms with Crippen LogP contribution >= 0.6 is 11.6 Å². The first-order valence-electron chi connectivity index (χ1n) is 7.85. The molecule has 3 rings (SSSR count). The van der Waals surface area contributed by atoms with Gasteiger partial charge in [0.25, 0.3) is 0 Å². The lowest BCUT2D eigenvalue weighted by Crippen LogP contribution is -2.28. The molecule has 25 heavy (non-hydrogen) atoms. The van der Waals surface area contributed by atoms with Gasteiger partial charge >= 0.3 is 6.03 Å². The Morgan fingerprint density at radius 1 is 1.12 bits per heavy atom. The van der Waals surface area contributed by atoms with E-state index in [2.05, 4.69) is 15.6 Å². The maximum atomic E-state index is 12.0. The molecule has 2 N–H and O–H groups in total. The van der Waals surface area contributed by atoms with Crippen molar-refractivity contribution in [1.82, 2.24) is 10.3 Å². The average Bonchev–Trinajstić information content (AvgIpc) is 2.96. The maximum Gasteiger partial charge on any atom is 0.319 e. The van der Waals surface area contributed by atoms with Gasteiger partial charge in [-0.1, -0.05) is 29.8 Å². The highest BCUT2D eigenvalue weighted by Gasteiger charge is 2.13. The summed E-state index contributed by atoms with van der Waals surface area (Å²) < 4.78 is 5.75. The lowest BCUT2D eigenvalue weighted by Gasteiger charge is -2.06. The van der Waals surface area contributed by atoms with E-state index in [4.69, 9.17) is 16.0 Å². The first kappa shape index (κ1) is 17.0. The molecule has 0 fully saturated rings. The van der Waals surface area contributed by atoms with Crippen LogP contribution in [0.2, 0.25) is 5.02 Å². The number of hydrogen-bond donors (Lipinski definition) is 2.